The van der Waals surface area contributed by atoms with E-state index >= 15 is 0 Å². The molecule has 4 aromatic heterocycles. The van der Waals surface area contributed by atoms with E-state index in [9.17, 15) is 9.59 Å². The lowest BCUT2D eigenvalue weighted by Crippen LogP contribution is -2.40. The molecule has 5 aromatic rings. The van der Waals surface area contributed by atoms with E-state index in [2.05, 4.69) is 9.97 Å². The van der Waals surface area contributed by atoms with Crippen LogP contribution in [0.25, 0.3) is 28.4 Å². The molecule has 0 aliphatic heterocycles. The number of pyridine rings is 2. The Morgan fingerprint density at radius 2 is 1.78 bits per heavy atom. The number of benzene rings is 1. The van der Waals surface area contributed by atoms with Gasteiger partial charge in [-0.25, -0.2) is 9.78 Å². The third-order valence-corrected chi connectivity index (χ3v) is 6.92. The van der Waals surface area contributed by atoms with E-state index in [4.69, 9.17) is 33.3 Å². The number of aromatic nitrogens is 6. The number of fused-ring (bicyclic) bond motifs is 1. The van der Waals surface area contributed by atoms with Crippen LogP contribution in [-0.2, 0) is 7.05 Å². The van der Waals surface area contributed by atoms with Crippen LogP contribution >= 0.6 is 35.1 Å². The topological polar surface area (TPSA) is 114 Å². The lowest BCUT2D eigenvalue weighted by atomic mass is 10.2. The van der Waals surface area contributed by atoms with Crippen molar-refractivity contribution in [1.82, 2.24) is 28.7 Å². The van der Waals surface area contributed by atoms with Crippen molar-refractivity contribution in [3.63, 3.8) is 0 Å². The van der Waals surface area contributed by atoms with Gasteiger partial charge < -0.3 is 0 Å². The van der Waals surface area contributed by atoms with E-state index in [0.717, 1.165) is 21.4 Å². The Morgan fingerprint density at radius 1 is 1.03 bits per heavy atom. The highest BCUT2D eigenvalue weighted by Crippen LogP contribution is 2.31. The maximum Gasteiger partial charge on any atom is 0.333 e. The molecule has 0 aliphatic rings. The number of nitrogens with two attached hydrogens (primary N) is 1. The van der Waals surface area contributed by atoms with Gasteiger partial charge in [0.05, 0.1) is 16.8 Å². The van der Waals surface area contributed by atoms with Crippen molar-refractivity contribution in [2.45, 2.75) is 17.9 Å². The van der Waals surface area contributed by atoms with Gasteiger partial charge in [0.15, 0.2) is 17.0 Å². The third-order valence-electron chi connectivity index (χ3n) is 5.85. The molecule has 0 aliphatic carbocycles. The summed E-state index contributed by atoms with van der Waals surface area (Å²) < 4.78 is 4.15. The lowest BCUT2D eigenvalue weighted by molar-refractivity contribution is 0.567. The number of rotatable bonds is 5. The van der Waals surface area contributed by atoms with E-state index in [1.54, 1.807) is 59.4 Å². The van der Waals surface area contributed by atoms with Crippen molar-refractivity contribution >= 4 is 46.3 Å². The highest BCUT2D eigenvalue weighted by molar-refractivity contribution is 7.97. The van der Waals surface area contributed by atoms with Crippen molar-refractivity contribution < 1.29 is 0 Å². The minimum absolute atomic E-state index is 0.182. The SMILES string of the molecule is CC(c1ccc(SN)cn1)n1c(=O)n(C)c(=O)c2c1nc(-c1ncccc1Cl)n2-c1ccc(Cl)cc1. The Kier molecular flexibility index (Phi) is 6.44. The molecule has 1 aromatic carbocycles. The largest absolute Gasteiger partial charge is 0.333 e. The monoisotopic (exact) mass is 539 g/mol. The van der Waals surface area contributed by atoms with Gasteiger partial charge >= 0.3 is 5.69 Å². The first kappa shape index (κ1) is 24.3. The average Bonchev–Trinajstić information content (AvgIpc) is 3.28. The molecule has 0 saturated carbocycles. The molecular weight excluding hydrogens is 521 g/mol. The van der Waals surface area contributed by atoms with Crippen LogP contribution in [0.5, 0.6) is 0 Å². The van der Waals surface area contributed by atoms with Crippen molar-refractivity contribution in [2.75, 3.05) is 0 Å². The van der Waals surface area contributed by atoms with Gasteiger partial charge in [0.2, 0.25) is 0 Å². The van der Waals surface area contributed by atoms with Crippen LogP contribution in [0.3, 0.4) is 0 Å². The van der Waals surface area contributed by atoms with Crippen molar-refractivity contribution in [3.05, 3.63) is 97.5 Å². The first-order valence-corrected chi connectivity index (χ1v) is 12.4. The third kappa shape index (κ3) is 4.01. The van der Waals surface area contributed by atoms with Gasteiger partial charge in [-0.3, -0.25) is 33.6 Å². The molecule has 4 heterocycles. The van der Waals surface area contributed by atoms with Crippen LogP contribution in [0.15, 0.2) is 75.4 Å². The van der Waals surface area contributed by atoms with E-state index < -0.39 is 17.3 Å². The molecule has 1 unspecified atom stereocenters. The molecule has 0 fully saturated rings. The molecule has 0 bridgehead atoms. The van der Waals surface area contributed by atoms with Crippen molar-refractivity contribution in [3.8, 4) is 17.2 Å². The van der Waals surface area contributed by atoms with E-state index in [0.29, 0.717) is 32.9 Å². The summed E-state index contributed by atoms with van der Waals surface area (Å²) in [6.45, 7) is 1.82. The molecule has 0 radical (unpaired) electrons. The van der Waals surface area contributed by atoms with E-state index in [-0.39, 0.29) is 11.2 Å². The molecular formula is C24H19Cl2N7O2S. The van der Waals surface area contributed by atoms with Gasteiger partial charge in [-0.2, -0.15) is 0 Å². The Balaban J connectivity index is 1.89. The fourth-order valence-electron chi connectivity index (χ4n) is 4.01. The van der Waals surface area contributed by atoms with Crippen LogP contribution in [0.2, 0.25) is 10.0 Å². The van der Waals surface area contributed by atoms with Gasteiger partial charge in [0.25, 0.3) is 5.56 Å². The van der Waals surface area contributed by atoms with Gasteiger partial charge in [0, 0.05) is 35.0 Å². The summed E-state index contributed by atoms with van der Waals surface area (Å²) >= 11 is 13.7. The number of nitrogens with zero attached hydrogens (tertiary/aromatic N) is 6. The average molecular weight is 540 g/mol. The lowest BCUT2D eigenvalue weighted by Gasteiger charge is -2.17. The Labute approximate surface area is 219 Å². The number of hydrogen-bond acceptors (Lipinski definition) is 7. The van der Waals surface area contributed by atoms with Gasteiger partial charge in [0.1, 0.15) is 5.69 Å². The molecule has 182 valence electrons. The van der Waals surface area contributed by atoms with E-state index in [1.807, 2.05) is 13.0 Å². The van der Waals surface area contributed by atoms with E-state index in [1.165, 1.54) is 11.6 Å². The van der Waals surface area contributed by atoms with Gasteiger partial charge in [-0.15, -0.1) is 0 Å². The standard InChI is InChI=1S/C24H19Cl2N7O2S/c1-13(18-10-9-16(36-27)12-29-18)32-22-20(23(34)31(2)24(32)35)33(15-7-5-14(25)6-8-15)21(30-22)19-17(26)4-3-11-28-19/h3-13H,27H2,1-2H3. The molecule has 9 nitrogen and oxygen atoms in total. The zero-order valence-electron chi connectivity index (χ0n) is 19.1. The number of imidazole rings is 1. The minimum Gasteiger partial charge on any atom is -0.285 e. The minimum atomic E-state index is -0.552. The quantitative estimate of drug-likeness (QED) is 0.332. The summed E-state index contributed by atoms with van der Waals surface area (Å²) in [4.78, 5) is 41.3. The Morgan fingerprint density at radius 3 is 2.42 bits per heavy atom. The van der Waals surface area contributed by atoms with Crippen LogP contribution in [0.4, 0.5) is 0 Å². The second-order valence-electron chi connectivity index (χ2n) is 7.98. The predicted molar refractivity (Wildman–Crippen MR) is 142 cm³/mol. The fourth-order valence-corrected chi connectivity index (χ4v) is 4.60. The molecule has 1 atom stereocenters. The van der Waals surface area contributed by atoms with Crippen molar-refractivity contribution in [1.29, 1.82) is 0 Å². The highest BCUT2D eigenvalue weighted by atomic mass is 35.5. The normalized spacial score (nSPS) is 12.2. The van der Waals surface area contributed by atoms with Crippen molar-refractivity contribution in [2.24, 2.45) is 12.2 Å². The summed E-state index contributed by atoms with van der Waals surface area (Å²) in [5.74, 6) is 0.310. The molecule has 0 spiro atoms. The van der Waals surface area contributed by atoms with Gasteiger partial charge in [-0.1, -0.05) is 23.2 Å². The molecule has 36 heavy (non-hydrogen) atoms. The van der Waals surface area contributed by atoms with Crippen LogP contribution in [0.1, 0.15) is 18.7 Å². The number of hydrogen-bond donors (Lipinski definition) is 1. The summed E-state index contributed by atoms with van der Waals surface area (Å²) in [6.07, 6.45) is 3.22. The molecule has 12 heteroatoms. The summed E-state index contributed by atoms with van der Waals surface area (Å²) in [5.41, 5.74) is 0.907. The Bertz CT molecular complexity index is 1710. The summed E-state index contributed by atoms with van der Waals surface area (Å²) in [7, 11) is 1.43. The van der Waals surface area contributed by atoms with Crippen LogP contribution in [-0.4, -0.2) is 28.7 Å². The summed E-state index contributed by atoms with van der Waals surface area (Å²) in [6, 6.07) is 13.4. The van der Waals surface area contributed by atoms with Crippen LogP contribution in [0, 0.1) is 0 Å². The molecule has 2 N–H and O–H groups in total. The smallest absolute Gasteiger partial charge is 0.285 e. The van der Waals surface area contributed by atoms with Gasteiger partial charge in [-0.05, 0) is 67.4 Å². The Hall–Kier alpha value is -3.44. The van der Waals surface area contributed by atoms with Crippen LogP contribution < -0.4 is 16.4 Å². The first-order chi connectivity index (χ1) is 17.3. The maximum atomic E-state index is 13.5. The highest BCUT2D eigenvalue weighted by Gasteiger charge is 2.26. The fraction of sp³-hybridized carbons (Fsp3) is 0.125. The first-order valence-electron chi connectivity index (χ1n) is 10.7. The molecule has 0 saturated heterocycles. The zero-order valence-corrected chi connectivity index (χ0v) is 21.4. The predicted octanol–water partition coefficient (Wildman–Crippen LogP) is 4.22. The second kappa shape index (κ2) is 9.55. The number of halogens is 2. The second-order valence-corrected chi connectivity index (χ2v) is 9.53. The molecule has 0 amide bonds. The molecule has 5 rings (SSSR count). The maximum absolute atomic E-state index is 13.5. The zero-order chi connectivity index (χ0) is 25.6. The summed E-state index contributed by atoms with van der Waals surface area (Å²) in [5, 5.41) is 6.50.